The smallest absolute Gasteiger partial charge is 0.340 e. The number of rotatable bonds is 7. The summed E-state index contributed by atoms with van der Waals surface area (Å²) in [5, 5.41) is 14.4. The van der Waals surface area contributed by atoms with E-state index in [-0.39, 0.29) is 49.8 Å². The first-order chi connectivity index (χ1) is 27.9. The van der Waals surface area contributed by atoms with Gasteiger partial charge in [0.1, 0.15) is 37.4 Å². The van der Waals surface area contributed by atoms with Crippen LogP contribution in [0, 0.1) is 5.53 Å². The summed E-state index contributed by atoms with van der Waals surface area (Å²) in [5.74, 6) is -0.107. The highest BCUT2D eigenvalue weighted by atomic mass is 16.6. The molecular formula is C38H38N10O9. The second-order valence-corrected chi connectivity index (χ2v) is 11.5. The molecule has 0 unspecified atom stereocenters. The Labute approximate surface area is 325 Å². The lowest BCUT2D eigenvalue weighted by Gasteiger charge is -2.14. The van der Waals surface area contributed by atoms with Crippen molar-refractivity contribution in [3.8, 4) is 17.3 Å². The van der Waals surface area contributed by atoms with Gasteiger partial charge in [-0.15, -0.1) is 15.3 Å². The molecule has 19 nitrogen and oxygen atoms in total. The van der Waals surface area contributed by atoms with Crippen molar-refractivity contribution in [2.45, 2.75) is 12.8 Å². The predicted molar refractivity (Wildman–Crippen MR) is 203 cm³/mol. The molecule has 4 aliphatic rings. The molecule has 0 aliphatic carbocycles. The van der Waals surface area contributed by atoms with Gasteiger partial charge in [-0.3, -0.25) is 18.7 Å². The van der Waals surface area contributed by atoms with Crippen LogP contribution in [0.5, 0.6) is 11.5 Å². The summed E-state index contributed by atoms with van der Waals surface area (Å²) in [6, 6.07) is 12.8. The number of hydrogen-bond acceptors (Lipinski definition) is 15. The molecule has 0 atom stereocenters. The monoisotopic (exact) mass is 778 g/mol. The average molecular weight is 779 g/mol. The van der Waals surface area contributed by atoms with Crippen molar-refractivity contribution in [3.63, 3.8) is 0 Å². The first-order valence-electron chi connectivity index (χ1n) is 17.4. The van der Waals surface area contributed by atoms with E-state index in [1.165, 1.54) is 18.5 Å². The molecule has 4 bridgehead atoms. The molecule has 19 heteroatoms. The van der Waals surface area contributed by atoms with Crippen LogP contribution in [-0.2, 0) is 19.0 Å². The van der Waals surface area contributed by atoms with Gasteiger partial charge in [0.15, 0.2) is 17.3 Å². The lowest BCUT2D eigenvalue weighted by molar-refractivity contribution is -0.106. The van der Waals surface area contributed by atoms with Crippen LogP contribution in [0.3, 0.4) is 0 Å². The van der Waals surface area contributed by atoms with Crippen molar-refractivity contribution < 1.29 is 42.9 Å². The average Bonchev–Trinajstić information content (AvgIpc) is 3.97. The molecule has 4 aliphatic heterocycles. The lowest BCUT2D eigenvalue weighted by Crippen LogP contribution is -2.19. The van der Waals surface area contributed by atoms with Crippen LogP contribution in [0.4, 0.5) is 5.69 Å². The number of esters is 2. The zero-order chi connectivity index (χ0) is 40.2. The number of benzene rings is 2. The number of allylic oxidation sites excluding steroid dienone is 2. The fraction of sp³-hybridized carbons (Fsp3) is 0.211. The van der Waals surface area contributed by atoms with Crippen molar-refractivity contribution in [3.05, 3.63) is 121 Å². The van der Waals surface area contributed by atoms with Crippen LogP contribution in [-0.4, -0.2) is 93.2 Å². The molecule has 5 aromatic rings. The summed E-state index contributed by atoms with van der Waals surface area (Å²) in [4.78, 5) is 55.9. The number of amides is 2. The number of primary amides is 1. The Hall–Kier alpha value is -7.54. The summed E-state index contributed by atoms with van der Waals surface area (Å²) < 4.78 is 31.6. The van der Waals surface area contributed by atoms with Crippen molar-refractivity contribution in [2.24, 2.45) is 10.8 Å². The lowest BCUT2D eigenvalue weighted by atomic mass is 10.1. The zero-order valence-electron chi connectivity index (χ0n) is 30.4. The summed E-state index contributed by atoms with van der Waals surface area (Å²) in [6.07, 6.45) is 16.1. The molecule has 4 N–H and O–H groups in total. The van der Waals surface area contributed by atoms with Crippen LogP contribution >= 0.6 is 0 Å². The van der Waals surface area contributed by atoms with Crippen molar-refractivity contribution in [1.82, 2.24) is 29.3 Å². The van der Waals surface area contributed by atoms with Gasteiger partial charge in [0.05, 0.1) is 43.2 Å². The third kappa shape index (κ3) is 12.0. The SMILES string of the molecule is N=N/C(=C\C=C\c1cc2ccc1C(=O)OCCOCCOC(=O)c1ccc(cc1NC(=O)c1ccc(-n3ccnc3)nn1)OCCCCO2)n1ccnc1.NC=O. The number of carbonyl (C=O) groups excluding carboxylic acids is 4. The standard InChI is InChI=1S/C37H35N9O8.CH3NO/c38-42-33(45-14-12-39-24-45)5-3-4-26-22-27-6-8-29(26)36(48)53-20-18-50-19-21-54-37(49)30-9-7-28(52-17-2-1-16-51-27)23-32(30)41-35(47)31-10-11-34(44-43-31)46-15-13-40-25-46;2-1-3/h3-15,22-25,38H,1-2,16-21H2,(H,41,47);1H,(H2,2,3)/b4-3+,33-5+,42-38?;. The van der Waals surface area contributed by atoms with Crippen LogP contribution in [0.1, 0.15) is 49.6 Å². The number of nitrogens with zero attached hydrogens (tertiary/aromatic N) is 7. The maximum atomic E-state index is 13.2. The van der Waals surface area contributed by atoms with Gasteiger partial charge in [0, 0.05) is 30.9 Å². The van der Waals surface area contributed by atoms with E-state index in [0.717, 1.165) is 0 Å². The topological polar surface area (TPSA) is 250 Å². The maximum absolute atomic E-state index is 13.2. The summed E-state index contributed by atoms with van der Waals surface area (Å²) in [7, 11) is 0. The number of carbonyl (C=O) groups is 4. The highest BCUT2D eigenvalue weighted by Gasteiger charge is 2.19. The first-order valence-corrected chi connectivity index (χ1v) is 17.4. The fourth-order valence-electron chi connectivity index (χ4n) is 5.06. The molecule has 0 spiro atoms. The van der Waals surface area contributed by atoms with E-state index in [1.807, 2.05) is 0 Å². The van der Waals surface area contributed by atoms with Crippen LogP contribution in [0.15, 0.2) is 103 Å². The number of hydrogen-bond donors (Lipinski definition) is 3. The number of nitrogens with two attached hydrogens (primary N) is 1. The molecule has 2 aromatic carbocycles. The van der Waals surface area contributed by atoms with Crippen LogP contribution in [0.25, 0.3) is 17.7 Å². The summed E-state index contributed by atoms with van der Waals surface area (Å²) in [6.45, 7) is 0.603. The Morgan fingerprint density at radius 3 is 2.11 bits per heavy atom. The molecule has 0 fully saturated rings. The van der Waals surface area contributed by atoms with Gasteiger partial charge in [0.25, 0.3) is 5.91 Å². The van der Waals surface area contributed by atoms with Gasteiger partial charge < -0.3 is 34.7 Å². The maximum Gasteiger partial charge on any atom is 0.340 e. The number of ether oxygens (including phenoxy) is 5. The molecule has 7 heterocycles. The Balaban J connectivity index is 0.00000200. The minimum Gasteiger partial charge on any atom is -0.494 e. The molecule has 9 rings (SSSR count). The summed E-state index contributed by atoms with van der Waals surface area (Å²) in [5.41, 5.74) is 12.8. The summed E-state index contributed by atoms with van der Waals surface area (Å²) >= 11 is 0. The second kappa shape index (κ2) is 21.4. The molecule has 57 heavy (non-hydrogen) atoms. The van der Waals surface area contributed by atoms with E-state index in [4.69, 9.17) is 34.0 Å². The number of anilines is 1. The molecular weight excluding hydrogens is 740 g/mol. The van der Waals surface area contributed by atoms with E-state index in [2.05, 4.69) is 36.3 Å². The Kier molecular flexibility index (Phi) is 15.2. The van der Waals surface area contributed by atoms with Gasteiger partial charge in [-0.05, 0) is 66.9 Å². The minimum atomic E-state index is -0.698. The fourth-order valence-corrected chi connectivity index (χ4v) is 5.06. The Morgan fingerprint density at radius 1 is 0.807 bits per heavy atom. The van der Waals surface area contributed by atoms with E-state index in [1.54, 1.807) is 94.9 Å². The highest BCUT2D eigenvalue weighted by molar-refractivity contribution is 6.07. The van der Waals surface area contributed by atoms with Gasteiger partial charge in [-0.2, -0.15) is 0 Å². The third-order valence-electron chi connectivity index (χ3n) is 7.76. The van der Waals surface area contributed by atoms with Gasteiger partial charge in [0.2, 0.25) is 6.41 Å². The predicted octanol–water partition coefficient (Wildman–Crippen LogP) is 4.34. The molecule has 0 saturated heterocycles. The number of nitrogens with one attached hydrogen (secondary N) is 2. The van der Waals surface area contributed by atoms with Crippen molar-refractivity contribution in [1.29, 1.82) is 5.53 Å². The number of imidazole rings is 2. The first kappa shape index (κ1) is 40.6. The normalized spacial score (nSPS) is 14.3. The van der Waals surface area contributed by atoms with Crippen LogP contribution < -0.4 is 20.5 Å². The second-order valence-electron chi connectivity index (χ2n) is 11.5. The quantitative estimate of drug-likeness (QED) is 0.0901. The van der Waals surface area contributed by atoms with Gasteiger partial charge in [-0.1, -0.05) is 12.2 Å². The van der Waals surface area contributed by atoms with Gasteiger partial charge in [-0.25, -0.2) is 25.1 Å². The van der Waals surface area contributed by atoms with Crippen molar-refractivity contribution in [2.75, 3.05) is 45.0 Å². The van der Waals surface area contributed by atoms with E-state index < -0.39 is 17.8 Å². The zero-order valence-corrected chi connectivity index (χ0v) is 30.4. The molecule has 0 saturated carbocycles. The Morgan fingerprint density at radius 2 is 1.47 bits per heavy atom. The molecule has 3 aromatic heterocycles. The molecule has 0 radical (unpaired) electrons. The van der Waals surface area contributed by atoms with E-state index in [9.17, 15) is 14.4 Å². The highest BCUT2D eigenvalue weighted by Crippen LogP contribution is 2.25. The largest absolute Gasteiger partial charge is 0.494 e. The molecule has 294 valence electrons. The third-order valence-corrected chi connectivity index (χ3v) is 7.76. The van der Waals surface area contributed by atoms with E-state index in [0.29, 0.717) is 60.3 Å². The minimum absolute atomic E-state index is 0.0249. The van der Waals surface area contributed by atoms with Crippen molar-refractivity contribution >= 4 is 41.8 Å². The van der Waals surface area contributed by atoms with E-state index >= 15 is 0 Å². The van der Waals surface area contributed by atoms with Crippen LogP contribution in [0.2, 0.25) is 0 Å². The number of aromatic nitrogens is 6. The Bertz CT molecular complexity index is 2170. The van der Waals surface area contributed by atoms with Gasteiger partial charge >= 0.3 is 11.9 Å². The molecule has 2 amide bonds.